The summed E-state index contributed by atoms with van der Waals surface area (Å²) in [4.78, 5) is 0. The molecule has 0 saturated carbocycles. The van der Waals surface area contributed by atoms with Gasteiger partial charge >= 0.3 is 0 Å². The molecule has 0 rings (SSSR count). The summed E-state index contributed by atoms with van der Waals surface area (Å²) in [6.45, 7) is 4.50. The van der Waals surface area contributed by atoms with E-state index < -0.39 is 0 Å². The third kappa shape index (κ3) is 13.5. The van der Waals surface area contributed by atoms with E-state index in [4.69, 9.17) is 0 Å². The predicted molar refractivity (Wildman–Crippen MR) is 71.2 cm³/mol. The van der Waals surface area contributed by atoms with Crippen LogP contribution in [0.3, 0.4) is 0 Å². The first kappa shape index (κ1) is 14.5. The van der Waals surface area contributed by atoms with Gasteiger partial charge < -0.3 is 0 Å². The van der Waals surface area contributed by atoms with Crippen molar-refractivity contribution < 1.29 is 0 Å². The molecule has 0 amide bonds. The van der Waals surface area contributed by atoms with Crippen molar-refractivity contribution in [2.75, 3.05) is 0 Å². The Morgan fingerprint density at radius 2 is 1.20 bits per heavy atom. The minimum absolute atomic E-state index is 1.12. The van der Waals surface area contributed by atoms with Crippen molar-refractivity contribution in [2.24, 2.45) is 0 Å². The number of allylic oxidation sites excluding steroid dienone is 4. The van der Waals surface area contributed by atoms with Crippen molar-refractivity contribution in [3.63, 3.8) is 0 Å². The van der Waals surface area contributed by atoms with Crippen molar-refractivity contribution in [1.82, 2.24) is 0 Å². The van der Waals surface area contributed by atoms with E-state index in [9.17, 15) is 0 Å². The molecule has 0 aromatic heterocycles. The first-order valence-corrected chi connectivity index (χ1v) is 6.71. The largest absolute Gasteiger partial charge is 0.0882 e. The zero-order valence-electron chi connectivity index (χ0n) is 10.7. The van der Waals surface area contributed by atoms with Crippen LogP contribution < -0.4 is 0 Å². The van der Waals surface area contributed by atoms with Gasteiger partial charge in [-0.25, -0.2) is 0 Å². The fraction of sp³-hybridized carbons (Fsp3) is 0.733. The summed E-state index contributed by atoms with van der Waals surface area (Å²) >= 11 is 0. The number of rotatable bonds is 10. The average molecular weight is 208 g/mol. The SMILES string of the molecule is CCCC/C=C/C/C=C/CCCCCC. The Hall–Kier alpha value is -0.520. The zero-order valence-corrected chi connectivity index (χ0v) is 10.7. The average Bonchev–Trinajstić information content (AvgIpc) is 2.26. The fourth-order valence-corrected chi connectivity index (χ4v) is 1.52. The van der Waals surface area contributed by atoms with Crippen molar-refractivity contribution in [2.45, 2.75) is 71.6 Å². The van der Waals surface area contributed by atoms with Gasteiger partial charge in [-0.3, -0.25) is 0 Å². The number of hydrogen-bond acceptors (Lipinski definition) is 0. The second-order valence-corrected chi connectivity index (χ2v) is 4.17. The summed E-state index contributed by atoms with van der Waals surface area (Å²) in [6.07, 6.45) is 21.0. The van der Waals surface area contributed by atoms with Gasteiger partial charge in [0.15, 0.2) is 0 Å². The van der Waals surface area contributed by atoms with Gasteiger partial charge in [-0.1, -0.05) is 70.3 Å². The van der Waals surface area contributed by atoms with Crippen LogP contribution in [0.2, 0.25) is 0 Å². The van der Waals surface area contributed by atoms with Crippen LogP contribution in [-0.2, 0) is 0 Å². The van der Waals surface area contributed by atoms with Crippen LogP contribution in [0.1, 0.15) is 71.6 Å². The Morgan fingerprint density at radius 1 is 0.600 bits per heavy atom. The highest BCUT2D eigenvalue weighted by Crippen LogP contribution is 2.03. The van der Waals surface area contributed by atoms with Crippen LogP contribution in [0.15, 0.2) is 24.3 Å². The highest BCUT2D eigenvalue weighted by Gasteiger charge is 1.83. The van der Waals surface area contributed by atoms with E-state index in [-0.39, 0.29) is 0 Å². The Kier molecular flexibility index (Phi) is 13.0. The minimum atomic E-state index is 1.12. The van der Waals surface area contributed by atoms with E-state index in [0.717, 1.165) is 6.42 Å². The molecule has 0 saturated heterocycles. The maximum Gasteiger partial charge on any atom is -0.0169 e. The monoisotopic (exact) mass is 208 g/mol. The minimum Gasteiger partial charge on any atom is -0.0882 e. The van der Waals surface area contributed by atoms with Gasteiger partial charge in [0.1, 0.15) is 0 Å². The lowest BCUT2D eigenvalue weighted by Crippen LogP contribution is -1.73. The van der Waals surface area contributed by atoms with Crippen LogP contribution >= 0.6 is 0 Å². The van der Waals surface area contributed by atoms with Crippen molar-refractivity contribution in [3.05, 3.63) is 24.3 Å². The van der Waals surface area contributed by atoms with E-state index >= 15 is 0 Å². The van der Waals surface area contributed by atoms with Crippen LogP contribution in [0.4, 0.5) is 0 Å². The van der Waals surface area contributed by atoms with Crippen LogP contribution in [0.25, 0.3) is 0 Å². The van der Waals surface area contributed by atoms with Gasteiger partial charge in [-0.2, -0.15) is 0 Å². The summed E-state index contributed by atoms with van der Waals surface area (Å²) < 4.78 is 0. The molecule has 0 fully saturated rings. The third-order valence-electron chi connectivity index (χ3n) is 2.55. The van der Waals surface area contributed by atoms with Gasteiger partial charge in [-0.05, 0) is 25.7 Å². The van der Waals surface area contributed by atoms with E-state index in [1.165, 1.54) is 51.4 Å². The molecule has 15 heavy (non-hydrogen) atoms. The topological polar surface area (TPSA) is 0 Å². The summed E-state index contributed by atoms with van der Waals surface area (Å²) in [5.74, 6) is 0. The molecule has 0 aliphatic carbocycles. The van der Waals surface area contributed by atoms with Gasteiger partial charge in [0, 0.05) is 0 Å². The Bertz CT molecular complexity index is 153. The molecule has 0 nitrogen and oxygen atoms in total. The highest BCUT2D eigenvalue weighted by molar-refractivity contribution is 4.92. The maximum absolute atomic E-state index is 2.33. The van der Waals surface area contributed by atoms with E-state index in [2.05, 4.69) is 38.2 Å². The molecule has 0 aromatic carbocycles. The zero-order chi connectivity index (χ0) is 11.2. The molecule has 0 aliphatic rings. The Balaban J connectivity index is 3.13. The lowest BCUT2D eigenvalue weighted by molar-refractivity contribution is 0.674. The molecule has 0 spiro atoms. The molecule has 0 radical (unpaired) electrons. The quantitative estimate of drug-likeness (QED) is 0.321. The van der Waals surface area contributed by atoms with E-state index in [1.807, 2.05) is 0 Å². The molecule has 0 bridgehead atoms. The molecule has 0 unspecified atom stereocenters. The van der Waals surface area contributed by atoms with Gasteiger partial charge in [0.05, 0.1) is 0 Å². The Labute approximate surface area is 96.5 Å². The van der Waals surface area contributed by atoms with Crippen LogP contribution in [0, 0.1) is 0 Å². The summed E-state index contributed by atoms with van der Waals surface area (Å²) in [7, 11) is 0. The second kappa shape index (κ2) is 13.5. The van der Waals surface area contributed by atoms with Crippen molar-refractivity contribution >= 4 is 0 Å². The molecule has 0 aliphatic heterocycles. The van der Waals surface area contributed by atoms with Gasteiger partial charge in [-0.15, -0.1) is 0 Å². The summed E-state index contributed by atoms with van der Waals surface area (Å²) in [5.41, 5.74) is 0. The lowest BCUT2D eigenvalue weighted by atomic mass is 10.1. The third-order valence-corrected chi connectivity index (χ3v) is 2.55. The summed E-state index contributed by atoms with van der Waals surface area (Å²) in [5, 5.41) is 0. The van der Waals surface area contributed by atoms with E-state index in [1.54, 1.807) is 0 Å². The smallest absolute Gasteiger partial charge is 0.0169 e. The molecule has 0 aromatic rings. The second-order valence-electron chi connectivity index (χ2n) is 4.17. The first-order chi connectivity index (χ1) is 7.41. The molecular formula is C15H28. The fourth-order valence-electron chi connectivity index (χ4n) is 1.52. The standard InChI is InChI=1S/C15H28/c1-3-5-7-9-11-13-15-14-12-10-8-6-4-2/h9,11,14-15H,3-8,10,12-13H2,1-2H3/b11-9+,15-14+. The molecule has 0 N–H and O–H groups in total. The van der Waals surface area contributed by atoms with E-state index in [0.29, 0.717) is 0 Å². The molecule has 0 heteroatoms. The summed E-state index contributed by atoms with van der Waals surface area (Å²) in [6, 6.07) is 0. The molecule has 0 atom stereocenters. The molecular weight excluding hydrogens is 180 g/mol. The van der Waals surface area contributed by atoms with Crippen LogP contribution in [0.5, 0.6) is 0 Å². The molecule has 0 heterocycles. The maximum atomic E-state index is 2.33. The highest BCUT2D eigenvalue weighted by atomic mass is 13.9. The van der Waals surface area contributed by atoms with Crippen molar-refractivity contribution in [1.29, 1.82) is 0 Å². The van der Waals surface area contributed by atoms with Gasteiger partial charge in [0.25, 0.3) is 0 Å². The lowest BCUT2D eigenvalue weighted by Gasteiger charge is -1.93. The number of unbranched alkanes of at least 4 members (excludes halogenated alkanes) is 6. The van der Waals surface area contributed by atoms with Gasteiger partial charge in [0.2, 0.25) is 0 Å². The van der Waals surface area contributed by atoms with Crippen molar-refractivity contribution in [3.8, 4) is 0 Å². The normalized spacial score (nSPS) is 11.9. The number of hydrogen-bond donors (Lipinski definition) is 0. The first-order valence-electron chi connectivity index (χ1n) is 6.71. The predicted octanol–water partition coefficient (Wildman–Crippen LogP) is 5.65. The molecule has 88 valence electrons. The Morgan fingerprint density at radius 3 is 1.80 bits per heavy atom. The van der Waals surface area contributed by atoms with Crippen LogP contribution in [-0.4, -0.2) is 0 Å².